The molecule has 1 heteroatoms. The van der Waals surface area contributed by atoms with Gasteiger partial charge in [0.1, 0.15) is 0 Å². The third-order valence-corrected chi connectivity index (χ3v) is 2.85. The van der Waals surface area contributed by atoms with Crippen molar-refractivity contribution >= 4 is 21.4 Å². The number of rotatable bonds is 2. The van der Waals surface area contributed by atoms with Gasteiger partial charge in [0.2, 0.25) is 0 Å². The molecule has 0 saturated heterocycles. The predicted molar refractivity (Wildman–Crippen MR) is 55.5 cm³/mol. The van der Waals surface area contributed by atoms with Crippen LogP contribution in [-0.2, 0) is 6.42 Å². The molecule has 0 nitrogen and oxygen atoms in total. The van der Waals surface area contributed by atoms with Crippen molar-refractivity contribution in [2.45, 2.75) is 13.3 Å². The van der Waals surface area contributed by atoms with Gasteiger partial charge in [-0.15, -0.1) is 11.3 Å². The summed E-state index contributed by atoms with van der Waals surface area (Å²) in [6.07, 6.45) is 3.26. The molecule has 0 aliphatic heterocycles. The maximum absolute atomic E-state index is 2.27. The molecule has 0 atom stereocenters. The summed E-state index contributed by atoms with van der Waals surface area (Å²) < 4.78 is 1.38. The van der Waals surface area contributed by atoms with Crippen LogP contribution in [0.4, 0.5) is 0 Å². The average Bonchev–Trinajstić information content (AvgIpc) is 2.51. The Morgan fingerprint density at radius 1 is 1.33 bits per heavy atom. The Morgan fingerprint density at radius 2 is 2.25 bits per heavy atom. The summed E-state index contributed by atoms with van der Waals surface area (Å²) in [5, 5.41) is 3.52. The quantitative estimate of drug-likeness (QED) is 0.653. The van der Waals surface area contributed by atoms with Crippen molar-refractivity contribution in [1.29, 1.82) is 0 Å². The number of hydrogen-bond acceptors (Lipinski definition) is 1. The SMILES string of the molecule is C[CH]Cc1ccc2sccc2c1. The molecular formula is C11H11S. The minimum absolute atomic E-state index is 1.08. The monoisotopic (exact) mass is 175 g/mol. The molecule has 0 amide bonds. The molecule has 0 aliphatic rings. The standard InChI is InChI=1S/C11H11S/c1-2-3-9-4-5-11-10(8-9)6-7-12-11/h2,4-8H,3H2,1H3. The van der Waals surface area contributed by atoms with E-state index in [1.165, 1.54) is 15.6 Å². The van der Waals surface area contributed by atoms with Crippen LogP contribution >= 0.6 is 11.3 Å². The topological polar surface area (TPSA) is 0 Å². The van der Waals surface area contributed by atoms with Crippen LogP contribution in [-0.4, -0.2) is 0 Å². The van der Waals surface area contributed by atoms with Gasteiger partial charge < -0.3 is 0 Å². The first-order valence-corrected chi connectivity index (χ1v) is 5.02. The van der Waals surface area contributed by atoms with E-state index in [-0.39, 0.29) is 0 Å². The average molecular weight is 175 g/mol. The van der Waals surface area contributed by atoms with E-state index >= 15 is 0 Å². The lowest BCUT2D eigenvalue weighted by molar-refractivity contribution is 1.15. The van der Waals surface area contributed by atoms with Crippen LogP contribution in [0.5, 0.6) is 0 Å². The predicted octanol–water partition coefficient (Wildman–Crippen LogP) is 3.67. The normalized spacial score (nSPS) is 10.8. The van der Waals surface area contributed by atoms with Crippen molar-refractivity contribution in [2.24, 2.45) is 0 Å². The molecule has 1 aromatic carbocycles. The van der Waals surface area contributed by atoms with E-state index in [2.05, 4.69) is 43.0 Å². The summed E-state index contributed by atoms with van der Waals surface area (Å²) in [5.74, 6) is 0. The first kappa shape index (κ1) is 7.81. The largest absolute Gasteiger partial charge is 0.144 e. The zero-order valence-electron chi connectivity index (χ0n) is 7.08. The highest BCUT2D eigenvalue weighted by Gasteiger charge is 1.95. The summed E-state index contributed by atoms with van der Waals surface area (Å²) in [7, 11) is 0. The lowest BCUT2D eigenvalue weighted by Crippen LogP contribution is -1.81. The van der Waals surface area contributed by atoms with Gasteiger partial charge >= 0.3 is 0 Å². The Balaban J connectivity index is 2.46. The molecule has 0 spiro atoms. The highest BCUT2D eigenvalue weighted by Crippen LogP contribution is 2.21. The maximum atomic E-state index is 2.27. The van der Waals surface area contributed by atoms with E-state index in [0.29, 0.717) is 0 Å². The fraction of sp³-hybridized carbons (Fsp3) is 0.182. The summed E-state index contributed by atoms with van der Waals surface area (Å²) in [4.78, 5) is 0. The van der Waals surface area contributed by atoms with Gasteiger partial charge in [-0.1, -0.05) is 19.1 Å². The van der Waals surface area contributed by atoms with Crippen molar-refractivity contribution in [3.8, 4) is 0 Å². The third kappa shape index (κ3) is 1.37. The van der Waals surface area contributed by atoms with Gasteiger partial charge in [-0.3, -0.25) is 0 Å². The highest BCUT2D eigenvalue weighted by molar-refractivity contribution is 7.17. The Hall–Kier alpha value is -0.820. The summed E-state index contributed by atoms with van der Waals surface area (Å²) >= 11 is 1.80. The van der Waals surface area contributed by atoms with Crippen LogP contribution in [0.3, 0.4) is 0 Å². The van der Waals surface area contributed by atoms with Gasteiger partial charge in [0, 0.05) is 4.70 Å². The number of thiophene rings is 1. The third-order valence-electron chi connectivity index (χ3n) is 1.96. The summed E-state index contributed by atoms with van der Waals surface area (Å²) in [6, 6.07) is 8.86. The number of benzene rings is 1. The Morgan fingerprint density at radius 3 is 3.08 bits per heavy atom. The van der Waals surface area contributed by atoms with Crippen LogP contribution in [0.2, 0.25) is 0 Å². The molecule has 2 aromatic rings. The first-order valence-electron chi connectivity index (χ1n) is 4.14. The van der Waals surface area contributed by atoms with E-state index < -0.39 is 0 Å². The molecule has 0 bridgehead atoms. The van der Waals surface area contributed by atoms with Gasteiger partial charge in [0.25, 0.3) is 0 Å². The van der Waals surface area contributed by atoms with E-state index in [1.54, 1.807) is 11.3 Å². The van der Waals surface area contributed by atoms with E-state index in [0.717, 1.165) is 6.42 Å². The summed E-state index contributed by atoms with van der Waals surface area (Å²) in [6.45, 7) is 2.10. The molecule has 61 valence electrons. The highest BCUT2D eigenvalue weighted by atomic mass is 32.1. The van der Waals surface area contributed by atoms with Crippen molar-refractivity contribution in [1.82, 2.24) is 0 Å². The van der Waals surface area contributed by atoms with Gasteiger partial charge in [-0.25, -0.2) is 0 Å². The lowest BCUT2D eigenvalue weighted by Gasteiger charge is -1.97. The molecule has 0 N–H and O–H groups in total. The molecule has 0 saturated carbocycles. The second kappa shape index (κ2) is 3.28. The van der Waals surface area contributed by atoms with Crippen molar-refractivity contribution in [3.63, 3.8) is 0 Å². The van der Waals surface area contributed by atoms with Crippen molar-refractivity contribution < 1.29 is 0 Å². The first-order chi connectivity index (χ1) is 5.90. The second-order valence-corrected chi connectivity index (χ2v) is 3.85. The van der Waals surface area contributed by atoms with Crippen LogP contribution in [0, 0.1) is 6.42 Å². The zero-order chi connectivity index (χ0) is 8.39. The van der Waals surface area contributed by atoms with Crippen LogP contribution in [0.15, 0.2) is 29.6 Å². The van der Waals surface area contributed by atoms with E-state index in [1.807, 2.05) is 0 Å². The van der Waals surface area contributed by atoms with Crippen molar-refractivity contribution in [3.05, 3.63) is 41.6 Å². The second-order valence-electron chi connectivity index (χ2n) is 2.91. The molecule has 12 heavy (non-hydrogen) atoms. The molecule has 1 aromatic heterocycles. The Bertz CT molecular complexity index is 373. The van der Waals surface area contributed by atoms with Gasteiger partial charge in [-0.2, -0.15) is 0 Å². The number of hydrogen-bond donors (Lipinski definition) is 0. The van der Waals surface area contributed by atoms with Gasteiger partial charge in [0.15, 0.2) is 0 Å². The fourth-order valence-electron chi connectivity index (χ4n) is 1.38. The van der Waals surface area contributed by atoms with Gasteiger partial charge in [0.05, 0.1) is 0 Å². The van der Waals surface area contributed by atoms with E-state index in [4.69, 9.17) is 0 Å². The number of fused-ring (bicyclic) bond motifs is 1. The molecule has 0 aliphatic carbocycles. The van der Waals surface area contributed by atoms with Crippen molar-refractivity contribution in [2.75, 3.05) is 0 Å². The van der Waals surface area contributed by atoms with E-state index in [9.17, 15) is 0 Å². The summed E-state index contributed by atoms with van der Waals surface area (Å²) in [5.41, 5.74) is 1.41. The molecule has 1 radical (unpaired) electrons. The minimum Gasteiger partial charge on any atom is -0.144 e. The minimum atomic E-state index is 1.08. The smallest absolute Gasteiger partial charge is 0.0342 e. The molecule has 2 rings (SSSR count). The molecule has 1 heterocycles. The van der Waals surface area contributed by atoms with Gasteiger partial charge in [-0.05, 0) is 41.3 Å². The van der Waals surface area contributed by atoms with Crippen LogP contribution in [0.1, 0.15) is 12.5 Å². The lowest BCUT2D eigenvalue weighted by atomic mass is 10.1. The maximum Gasteiger partial charge on any atom is 0.0342 e. The molecule has 0 fully saturated rings. The Kier molecular flexibility index (Phi) is 2.13. The molecular weight excluding hydrogens is 164 g/mol. The molecule has 0 unspecified atom stereocenters. The van der Waals surface area contributed by atoms with Crippen LogP contribution in [0.25, 0.3) is 10.1 Å². The Labute approximate surface area is 76.8 Å². The van der Waals surface area contributed by atoms with Crippen LogP contribution < -0.4 is 0 Å². The zero-order valence-corrected chi connectivity index (χ0v) is 7.90. The fourth-order valence-corrected chi connectivity index (χ4v) is 2.15.